The van der Waals surface area contributed by atoms with Gasteiger partial charge in [0.05, 0.1) is 11.9 Å². The third-order valence-electron chi connectivity index (χ3n) is 3.69. The Hall–Kier alpha value is -1.25. The number of halogens is 5. The molecule has 1 aliphatic carbocycles. The van der Waals surface area contributed by atoms with Crippen molar-refractivity contribution in [2.45, 2.75) is 25.4 Å². The van der Waals surface area contributed by atoms with Crippen molar-refractivity contribution in [3.63, 3.8) is 0 Å². The molecule has 1 heterocycles. The molecular formula is C14H20Cl2F3N3O2. The Morgan fingerprint density at radius 3 is 2.58 bits per heavy atom. The molecular weight excluding hydrogens is 370 g/mol. The van der Waals surface area contributed by atoms with Gasteiger partial charge in [0.15, 0.2) is 6.61 Å². The van der Waals surface area contributed by atoms with Gasteiger partial charge in [-0.25, -0.2) is 4.98 Å². The summed E-state index contributed by atoms with van der Waals surface area (Å²) in [5.74, 6) is -0.205. The SMILES string of the molecule is Cl.Cl.NC[C@H]1CCC[C@H]1C(=O)Nc1ccc(OCC(F)(F)F)nc1. The summed E-state index contributed by atoms with van der Waals surface area (Å²) in [6.45, 7) is -0.924. The van der Waals surface area contributed by atoms with Crippen LogP contribution in [0, 0.1) is 11.8 Å². The quantitative estimate of drug-likeness (QED) is 0.810. The van der Waals surface area contributed by atoms with E-state index in [0.29, 0.717) is 12.2 Å². The number of hydrogen-bond acceptors (Lipinski definition) is 4. The fourth-order valence-corrected chi connectivity index (χ4v) is 2.59. The lowest BCUT2D eigenvalue weighted by Crippen LogP contribution is -2.29. The minimum absolute atomic E-state index is 0. The van der Waals surface area contributed by atoms with Gasteiger partial charge in [-0.2, -0.15) is 13.2 Å². The lowest BCUT2D eigenvalue weighted by Gasteiger charge is -2.17. The largest absolute Gasteiger partial charge is 0.468 e. The molecule has 138 valence electrons. The van der Waals surface area contributed by atoms with Crippen LogP contribution >= 0.6 is 24.8 Å². The molecule has 1 aromatic heterocycles. The number of ether oxygens (including phenoxy) is 1. The average Bonchev–Trinajstić information content (AvgIpc) is 2.94. The highest BCUT2D eigenvalue weighted by Crippen LogP contribution is 2.31. The molecule has 0 aliphatic heterocycles. The van der Waals surface area contributed by atoms with E-state index in [0.717, 1.165) is 19.3 Å². The molecule has 0 aromatic carbocycles. The van der Waals surface area contributed by atoms with E-state index < -0.39 is 12.8 Å². The number of anilines is 1. The van der Waals surface area contributed by atoms with Crippen molar-refractivity contribution < 1.29 is 22.7 Å². The summed E-state index contributed by atoms with van der Waals surface area (Å²) < 4.78 is 40.5. The third-order valence-corrected chi connectivity index (χ3v) is 3.69. The number of aromatic nitrogens is 1. The summed E-state index contributed by atoms with van der Waals surface area (Å²) in [5, 5.41) is 2.71. The predicted molar refractivity (Wildman–Crippen MR) is 88.8 cm³/mol. The molecule has 0 unspecified atom stereocenters. The summed E-state index contributed by atoms with van der Waals surface area (Å²) >= 11 is 0. The van der Waals surface area contributed by atoms with E-state index in [9.17, 15) is 18.0 Å². The number of carbonyl (C=O) groups is 1. The zero-order chi connectivity index (χ0) is 16.2. The van der Waals surface area contributed by atoms with E-state index >= 15 is 0 Å². The van der Waals surface area contributed by atoms with Gasteiger partial charge in [0.1, 0.15) is 0 Å². The first-order chi connectivity index (χ1) is 10.4. The molecule has 5 nitrogen and oxygen atoms in total. The maximum atomic E-state index is 12.2. The Balaban J connectivity index is 0.00000264. The standard InChI is InChI=1S/C14H18F3N3O2.2ClH/c15-14(16,17)8-22-12-5-4-10(7-19-12)20-13(21)11-3-1-2-9(11)6-18;;/h4-5,7,9,11H,1-3,6,8,18H2,(H,20,21);2*1H/t9-,11-;;/m1../s1. The van der Waals surface area contributed by atoms with Crippen molar-refractivity contribution in [3.05, 3.63) is 18.3 Å². The summed E-state index contributed by atoms with van der Waals surface area (Å²) in [7, 11) is 0. The van der Waals surface area contributed by atoms with Gasteiger partial charge in [0.2, 0.25) is 11.8 Å². The van der Waals surface area contributed by atoms with Crippen molar-refractivity contribution in [3.8, 4) is 5.88 Å². The number of pyridine rings is 1. The number of hydrogen-bond donors (Lipinski definition) is 2. The number of nitrogens with zero attached hydrogens (tertiary/aromatic N) is 1. The van der Waals surface area contributed by atoms with Crippen LogP contribution in [0.25, 0.3) is 0 Å². The Labute approximate surface area is 150 Å². The van der Waals surface area contributed by atoms with E-state index in [1.54, 1.807) is 0 Å². The first kappa shape index (κ1) is 22.8. The van der Waals surface area contributed by atoms with E-state index in [2.05, 4.69) is 15.0 Å². The molecule has 0 radical (unpaired) electrons. The van der Waals surface area contributed by atoms with Gasteiger partial charge in [-0.3, -0.25) is 4.79 Å². The van der Waals surface area contributed by atoms with E-state index in [1.165, 1.54) is 18.3 Å². The van der Waals surface area contributed by atoms with Gasteiger partial charge < -0.3 is 15.8 Å². The molecule has 2 atom stereocenters. The zero-order valence-electron chi connectivity index (χ0n) is 12.7. The van der Waals surface area contributed by atoms with Crippen LogP contribution in [-0.2, 0) is 4.79 Å². The Morgan fingerprint density at radius 2 is 2.04 bits per heavy atom. The van der Waals surface area contributed by atoms with Crippen molar-refractivity contribution in [2.75, 3.05) is 18.5 Å². The van der Waals surface area contributed by atoms with Gasteiger partial charge in [-0.1, -0.05) is 6.42 Å². The molecule has 24 heavy (non-hydrogen) atoms. The van der Waals surface area contributed by atoms with Gasteiger partial charge in [-0.05, 0) is 31.4 Å². The van der Waals surface area contributed by atoms with Crippen LogP contribution in [-0.4, -0.2) is 30.2 Å². The number of nitrogens with one attached hydrogen (secondary N) is 1. The van der Waals surface area contributed by atoms with Gasteiger partial charge in [-0.15, -0.1) is 24.8 Å². The van der Waals surface area contributed by atoms with Gasteiger partial charge >= 0.3 is 6.18 Å². The molecule has 0 spiro atoms. The molecule has 1 saturated carbocycles. The molecule has 3 N–H and O–H groups in total. The predicted octanol–water partition coefficient (Wildman–Crippen LogP) is 3.18. The lowest BCUT2D eigenvalue weighted by molar-refractivity contribution is -0.154. The fraction of sp³-hybridized carbons (Fsp3) is 0.571. The third kappa shape index (κ3) is 6.70. The Bertz CT molecular complexity index is 515. The smallest absolute Gasteiger partial charge is 0.422 e. The first-order valence-electron chi connectivity index (χ1n) is 7.05. The fourth-order valence-electron chi connectivity index (χ4n) is 2.59. The molecule has 2 rings (SSSR count). The summed E-state index contributed by atoms with van der Waals surface area (Å²) in [4.78, 5) is 15.9. The van der Waals surface area contributed by atoms with E-state index in [1.807, 2.05) is 0 Å². The van der Waals surface area contributed by atoms with Crippen LogP contribution in [0.15, 0.2) is 18.3 Å². The number of nitrogens with two attached hydrogens (primary N) is 1. The highest BCUT2D eigenvalue weighted by atomic mass is 35.5. The minimum atomic E-state index is -4.41. The average molecular weight is 390 g/mol. The second-order valence-corrected chi connectivity index (χ2v) is 5.31. The number of rotatable bonds is 5. The van der Waals surface area contributed by atoms with Crippen molar-refractivity contribution in [1.82, 2.24) is 4.98 Å². The van der Waals surface area contributed by atoms with Crippen LogP contribution in [0.4, 0.5) is 18.9 Å². The van der Waals surface area contributed by atoms with E-state index in [-0.39, 0.29) is 48.4 Å². The minimum Gasteiger partial charge on any atom is -0.468 e. The molecule has 1 amide bonds. The molecule has 0 bridgehead atoms. The lowest BCUT2D eigenvalue weighted by atomic mass is 9.95. The normalized spacial score (nSPS) is 19.8. The highest BCUT2D eigenvalue weighted by Gasteiger charge is 2.32. The number of carbonyl (C=O) groups excluding carboxylic acids is 1. The van der Waals surface area contributed by atoms with Gasteiger partial charge in [0.25, 0.3) is 0 Å². The molecule has 0 saturated heterocycles. The van der Waals surface area contributed by atoms with Crippen LogP contribution in [0.3, 0.4) is 0 Å². The van der Waals surface area contributed by atoms with Crippen LogP contribution in [0.2, 0.25) is 0 Å². The maximum absolute atomic E-state index is 12.2. The van der Waals surface area contributed by atoms with E-state index in [4.69, 9.17) is 5.73 Å². The molecule has 1 fully saturated rings. The topological polar surface area (TPSA) is 77.2 Å². The van der Waals surface area contributed by atoms with Gasteiger partial charge in [0, 0.05) is 12.0 Å². The molecule has 10 heteroatoms. The van der Waals surface area contributed by atoms with Crippen molar-refractivity contribution in [2.24, 2.45) is 17.6 Å². The summed E-state index contributed by atoms with van der Waals surface area (Å²) in [6, 6.07) is 2.75. The second-order valence-electron chi connectivity index (χ2n) is 5.31. The van der Waals surface area contributed by atoms with Crippen LogP contribution in [0.1, 0.15) is 19.3 Å². The van der Waals surface area contributed by atoms with Crippen molar-refractivity contribution in [1.29, 1.82) is 0 Å². The van der Waals surface area contributed by atoms with Crippen LogP contribution < -0.4 is 15.8 Å². The zero-order valence-corrected chi connectivity index (χ0v) is 14.3. The highest BCUT2D eigenvalue weighted by molar-refractivity contribution is 5.92. The Kier molecular flexibility index (Phi) is 9.39. The van der Waals surface area contributed by atoms with Crippen molar-refractivity contribution >= 4 is 36.4 Å². The monoisotopic (exact) mass is 389 g/mol. The summed E-state index contributed by atoms with van der Waals surface area (Å²) in [5.41, 5.74) is 6.07. The first-order valence-corrected chi connectivity index (χ1v) is 7.05. The molecule has 1 aromatic rings. The maximum Gasteiger partial charge on any atom is 0.422 e. The van der Waals surface area contributed by atoms with Crippen LogP contribution in [0.5, 0.6) is 5.88 Å². The Morgan fingerprint density at radius 1 is 1.33 bits per heavy atom. The number of amides is 1. The summed E-state index contributed by atoms with van der Waals surface area (Å²) in [6.07, 6.45) is -0.419. The second kappa shape index (κ2) is 9.90. The number of alkyl halides is 3. The molecule has 1 aliphatic rings.